The number of hydrogen-bond donors (Lipinski definition) is 2. The fraction of sp³-hybridized carbons (Fsp3) is 0.423. The zero-order chi connectivity index (χ0) is 24.1. The van der Waals surface area contributed by atoms with Crippen LogP contribution in [-0.2, 0) is 14.3 Å². The zero-order valence-electron chi connectivity index (χ0n) is 19.2. The van der Waals surface area contributed by atoms with Crippen molar-refractivity contribution in [1.82, 2.24) is 10.2 Å². The summed E-state index contributed by atoms with van der Waals surface area (Å²) in [4.78, 5) is 38.0. The van der Waals surface area contributed by atoms with Gasteiger partial charge in [-0.05, 0) is 47.8 Å². The van der Waals surface area contributed by atoms with E-state index in [9.17, 15) is 14.4 Å². The number of benzene rings is 2. The Bertz CT molecular complexity index is 1010. The van der Waals surface area contributed by atoms with Crippen LogP contribution in [0.25, 0.3) is 11.1 Å². The Hall–Kier alpha value is -3.00. The van der Waals surface area contributed by atoms with Crippen molar-refractivity contribution in [3.8, 4) is 11.1 Å². The standard InChI is InChI=1S/C26H30N2O5S/c1-34-13-12-28(15-24(29)30)25(31)17-10-11-18(14-17)27-26(32)33-16-23-21-8-4-2-6-19(21)20-7-3-5-9-22(20)23/h2-9,17-18,23H,10-16H2,1H3,(H,27,32)(H,29,30)/t17-,18+/m1/s1. The normalized spacial score (nSPS) is 18.7. The van der Waals surface area contributed by atoms with Crippen LogP contribution in [-0.4, -0.2) is 65.7 Å². The number of carboxylic acid groups (broad SMARTS) is 1. The van der Waals surface area contributed by atoms with E-state index in [4.69, 9.17) is 9.84 Å². The van der Waals surface area contributed by atoms with E-state index < -0.39 is 12.1 Å². The number of amides is 2. The van der Waals surface area contributed by atoms with Crippen molar-refractivity contribution in [2.45, 2.75) is 31.2 Å². The Morgan fingerprint density at radius 3 is 2.32 bits per heavy atom. The van der Waals surface area contributed by atoms with Crippen molar-refractivity contribution in [2.24, 2.45) is 5.92 Å². The van der Waals surface area contributed by atoms with Crippen LogP contribution in [0.5, 0.6) is 0 Å². The molecule has 2 N–H and O–H groups in total. The van der Waals surface area contributed by atoms with Gasteiger partial charge in [-0.2, -0.15) is 11.8 Å². The molecule has 0 spiro atoms. The minimum absolute atomic E-state index is 0.00272. The van der Waals surface area contributed by atoms with Crippen LogP contribution < -0.4 is 5.32 Å². The van der Waals surface area contributed by atoms with E-state index in [1.54, 1.807) is 11.8 Å². The highest BCUT2D eigenvalue weighted by atomic mass is 32.2. The predicted octanol–water partition coefficient (Wildman–Crippen LogP) is 3.97. The summed E-state index contributed by atoms with van der Waals surface area (Å²) in [7, 11) is 0. The SMILES string of the molecule is CSCCN(CC(=O)O)C(=O)[C@@H]1CC[C@H](NC(=O)OCC2c3ccccc3-c3ccccc32)C1. The number of hydrogen-bond acceptors (Lipinski definition) is 5. The molecule has 0 unspecified atom stereocenters. The average molecular weight is 483 g/mol. The van der Waals surface area contributed by atoms with Crippen LogP contribution >= 0.6 is 11.8 Å². The maximum atomic E-state index is 12.9. The van der Waals surface area contributed by atoms with Gasteiger partial charge in [0.15, 0.2) is 0 Å². The van der Waals surface area contributed by atoms with Crippen molar-refractivity contribution < 1.29 is 24.2 Å². The molecular weight excluding hydrogens is 452 g/mol. The highest BCUT2D eigenvalue weighted by molar-refractivity contribution is 7.98. The van der Waals surface area contributed by atoms with Gasteiger partial charge in [0.25, 0.3) is 0 Å². The average Bonchev–Trinajstić information content (AvgIpc) is 3.42. The minimum atomic E-state index is -1.01. The molecule has 0 saturated heterocycles. The number of ether oxygens (including phenoxy) is 1. The number of nitrogens with one attached hydrogen (secondary N) is 1. The van der Waals surface area contributed by atoms with Gasteiger partial charge in [-0.25, -0.2) is 4.79 Å². The number of rotatable bonds is 9. The Labute approximate surface area is 203 Å². The first-order valence-corrected chi connectivity index (χ1v) is 13.0. The summed E-state index contributed by atoms with van der Waals surface area (Å²) >= 11 is 1.57. The van der Waals surface area contributed by atoms with E-state index in [1.165, 1.54) is 16.0 Å². The summed E-state index contributed by atoms with van der Waals surface area (Å²) in [6.07, 6.45) is 3.24. The molecule has 2 atom stereocenters. The molecule has 2 aliphatic rings. The molecule has 0 bridgehead atoms. The third-order valence-corrected chi connectivity index (χ3v) is 7.24. The molecule has 2 amide bonds. The van der Waals surface area contributed by atoms with Crippen molar-refractivity contribution in [3.05, 3.63) is 59.7 Å². The molecule has 1 saturated carbocycles. The van der Waals surface area contributed by atoms with Crippen molar-refractivity contribution in [1.29, 1.82) is 0 Å². The van der Waals surface area contributed by atoms with E-state index in [1.807, 2.05) is 30.5 Å². The summed E-state index contributed by atoms with van der Waals surface area (Å²) < 4.78 is 5.62. The number of nitrogens with zero attached hydrogens (tertiary/aromatic N) is 1. The fourth-order valence-corrected chi connectivity index (χ4v) is 5.44. The maximum Gasteiger partial charge on any atom is 0.407 e. The van der Waals surface area contributed by atoms with Gasteiger partial charge in [-0.1, -0.05) is 48.5 Å². The molecular formula is C26H30N2O5S. The molecule has 4 rings (SSSR count). The third kappa shape index (κ3) is 5.38. The number of carbonyl (C=O) groups excluding carboxylic acids is 2. The zero-order valence-corrected chi connectivity index (χ0v) is 20.1. The van der Waals surface area contributed by atoms with Crippen LogP contribution in [0.15, 0.2) is 48.5 Å². The Morgan fingerprint density at radius 1 is 1.06 bits per heavy atom. The van der Waals surface area contributed by atoms with Crippen LogP contribution in [0, 0.1) is 5.92 Å². The number of carboxylic acids is 1. The Balaban J connectivity index is 1.31. The first-order valence-electron chi connectivity index (χ1n) is 11.6. The molecule has 0 radical (unpaired) electrons. The van der Waals surface area contributed by atoms with Crippen LogP contribution in [0.4, 0.5) is 4.79 Å². The lowest BCUT2D eigenvalue weighted by atomic mass is 9.98. The van der Waals surface area contributed by atoms with Gasteiger partial charge in [-0.3, -0.25) is 9.59 Å². The van der Waals surface area contributed by atoms with Gasteiger partial charge in [0.1, 0.15) is 13.2 Å². The molecule has 7 nitrogen and oxygen atoms in total. The van der Waals surface area contributed by atoms with Crippen LogP contribution in [0.1, 0.15) is 36.3 Å². The van der Waals surface area contributed by atoms with Crippen LogP contribution in [0.3, 0.4) is 0 Å². The monoisotopic (exact) mass is 482 g/mol. The molecule has 0 aromatic heterocycles. The first kappa shape index (κ1) is 24.1. The molecule has 34 heavy (non-hydrogen) atoms. The lowest BCUT2D eigenvalue weighted by molar-refractivity contribution is -0.146. The Morgan fingerprint density at radius 2 is 1.71 bits per heavy atom. The second-order valence-electron chi connectivity index (χ2n) is 8.82. The van der Waals surface area contributed by atoms with Gasteiger partial charge in [0.2, 0.25) is 5.91 Å². The second-order valence-corrected chi connectivity index (χ2v) is 9.81. The van der Waals surface area contributed by atoms with E-state index in [0.29, 0.717) is 31.6 Å². The first-order chi connectivity index (χ1) is 16.5. The molecule has 180 valence electrons. The topological polar surface area (TPSA) is 95.9 Å². The largest absolute Gasteiger partial charge is 0.480 e. The van der Waals surface area contributed by atoms with E-state index >= 15 is 0 Å². The van der Waals surface area contributed by atoms with Crippen molar-refractivity contribution >= 4 is 29.7 Å². The van der Waals surface area contributed by atoms with Crippen LogP contribution in [0.2, 0.25) is 0 Å². The number of fused-ring (bicyclic) bond motifs is 3. The van der Waals surface area contributed by atoms with Crippen molar-refractivity contribution in [3.63, 3.8) is 0 Å². The molecule has 2 aromatic carbocycles. The lowest BCUT2D eigenvalue weighted by Gasteiger charge is -2.24. The van der Waals surface area contributed by atoms with E-state index in [2.05, 4.69) is 29.6 Å². The highest BCUT2D eigenvalue weighted by Crippen LogP contribution is 2.44. The molecule has 0 aliphatic heterocycles. The third-order valence-electron chi connectivity index (χ3n) is 6.65. The number of aliphatic carboxylic acids is 1. The quantitative estimate of drug-likeness (QED) is 0.562. The second kappa shape index (κ2) is 11.0. The minimum Gasteiger partial charge on any atom is -0.480 e. The van der Waals surface area contributed by atoms with E-state index in [-0.39, 0.29) is 36.9 Å². The number of thioether (sulfide) groups is 1. The number of alkyl carbamates (subject to hydrolysis) is 1. The molecule has 0 heterocycles. The molecule has 2 aliphatic carbocycles. The fourth-order valence-electron chi connectivity index (χ4n) is 5.03. The van der Waals surface area contributed by atoms with Gasteiger partial charge in [0, 0.05) is 30.2 Å². The smallest absolute Gasteiger partial charge is 0.407 e. The summed E-state index contributed by atoms with van der Waals surface area (Å²) in [5.74, 6) is -0.751. The van der Waals surface area contributed by atoms with Gasteiger partial charge < -0.3 is 20.1 Å². The maximum absolute atomic E-state index is 12.9. The lowest BCUT2D eigenvalue weighted by Crippen LogP contribution is -2.41. The molecule has 8 heteroatoms. The summed E-state index contributed by atoms with van der Waals surface area (Å²) in [6, 6.07) is 16.2. The van der Waals surface area contributed by atoms with Gasteiger partial charge in [-0.15, -0.1) is 0 Å². The molecule has 2 aromatic rings. The number of carbonyl (C=O) groups is 3. The van der Waals surface area contributed by atoms with Crippen molar-refractivity contribution in [2.75, 3.05) is 31.7 Å². The summed E-state index contributed by atoms with van der Waals surface area (Å²) in [5, 5.41) is 12.0. The van der Waals surface area contributed by atoms with Gasteiger partial charge >= 0.3 is 12.1 Å². The van der Waals surface area contributed by atoms with Gasteiger partial charge in [0.05, 0.1) is 0 Å². The molecule has 1 fully saturated rings. The predicted molar refractivity (Wildman–Crippen MR) is 132 cm³/mol. The Kier molecular flexibility index (Phi) is 7.77. The summed E-state index contributed by atoms with van der Waals surface area (Å²) in [6.45, 7) is 0.365. The highest BCUT2D eigenvalue weighted by Gasteiger charge is 2.34. The summed E-state index contributed by atoms with van der Waals surface area (Å²) in [5.41, 5.74) is 4.67. The van der Waals surface area contributed by atoms with E-state index in [0.717, 1.165) is 11.1 Å².